The van der Waals surface area contributed by atoms with Crippen molar-refractivity contribution < 1.29 is 4.74 Å². The second kappa shape index (κ2) is 10.4. The zero-order valence-corrected chi connectivity index (χ0v) is 16.1. The molecule has 0 unspecified atom stereocenters. The number of hydrogen-bond acceptors (Lipinski definition) is 3. The second-order valence-electron chi connectivity index (χ2n) is 6.92. The molecule has 0 bridgehead atoms. The van der Waals surface area contributed by atoms with E-state index in [0.717, 1.165) is 51.7 Å². The van der Waals surface area contributed by atoms with Crippen LogP contribution in [0.2, 0.25) is 0 Å². The molecule has 2 N–H and O–H groups in total. The lowest BCUT2D eigenvalue weighted by atomic mass is 9.96. The summed E-state index contributed by atoms with van der Waals surface area (Å²) in [5, 5.41) is 6.83. The van der Waals surface area contributed by atoms with Gasteiger partial charge in [0.15, 0.2) is 5.96 Å². The monoisotopic (exact) mass is 346 g/mol. The van der Waals surface area contributed by atoms with Crippen molar-refractivity contribution in [3.8, 4) is 0 Å². The lowest BCUT2D eigenvalue weighted by molar-refractivity contribution is 0.161. The summed E-state index contributed by atoms with van der Waals surface area (Å²) in [6, 6.07) is 10.8. The topological polar surface area (TPSA) is 48.9 Å². The maximum atomic E-state index is 5.11. The van der Waals surface area contributed by atoms with Gasteiger partial charge in [0.25, 0.3) is 0 Å². The second-order valence-corrected chi connectivity index (χ2v) is 6.92. The Hall–Kier alpha value is -1.59. The van der Waals surface area contributed by atoms with E-state index in [1.807, 2.05) is 0 Å². The van der Waals surface area contributed by atoms with Gasteiger partial charge in [0.05, 0.1) is 13.2 Å². The van der Waals surface area contributed by atoms with Gasteiger partial charge in [-0.25, -0.2) is 0 Å². The molecule has 140 valence electrons. The molecule has 1 aliphatic rings. The van der Waals surface area contributed by atoms with Crippen molar-refractivity contribution in [2.75, 3.05) is 53.5 Å². The smallest absolute Gasteiger partial charge is 0.191 e. The molecule has 0 saturated heterocycles. The Bertz CT molecular complexity index is 514. The molecular weight excluding hydrogens is 312 g/mol. The Morgan fingerprint density at radius 2 is 1.96 bits per heavy atom. The van der Waals surface area contributed by atoms with E-state index in [9.17, 15) is 0 Å². The Morgan fingerprint density at radius 3 is 2.60 bits per heavy atom. The number of nitrogens with zero attached hydrogens (tertiary/aromatic N) is 2. The summed E-state index contributed by atoms with van der Waals surface area (Å²) in [5.74, 6) is 0.934. The fraction of sp³-hybridized carbons (Fsp3) is 0.650. The number of methoxy groups -OCH3 is 1. The summed E-state index contributed by atoms with van der Waals surface area (Å²) in [6.07, 6.45) is 3.57. The van der Waals surface area contributed by atoms with Crippen molar-refractivity contribution >= 4 is 5.96 Å². The first kappa shape index (κ1) is 19.7. The molecule has 0 aromatic heterocycles. The van der Waals surface area contributed by atoms with Crippen LogP contribution in [-0.4, -0.2) is 64.3 Å². The highest BCUT2D eigenvalue weighted by Gasteiger charge is 2.43. The molecule has 1 aromatic carbocycles. The van der Waals surface area contributed by atoms with Gasteiger partial charge in [-0.2, -0.15) is 0 Å². The minimum Gasteiger partial charge on any atom is -0.383 e. The minimum absolute atomic E-state index is 0.268. The molecule has 1 saturated carbocycles. The van der Waals surface area contributed by atoms with Crippen LogP contribution in [0.1, 0.15) is 31.7 Å². The summed E-state index contributed by atoms with van der Waals surface area (Å²) < 4.78 is 5.11. The molecule has 1 aliphatic carbocycles. The van der Waals surface area contributed by atoms with Gasteiger partial charge in [0.1, 0.15) is 0 Å². The number of aliphatic imine (C=N–C) groups is 1. The molecular formula is C20H34N4O. The van der Waals surface area contributed by atoms with Gasteiger partial charge < -0.3 is 20.3 Å². The first-order valence-electron chi connectivity index (χ1n) is 9.45. The minimum atomic E-state index is 0.268. The van der Waals surface area contributed by atoms with Crippen molar-refractivity contribution in [1.29, 1.82) is 0 Å². The maximum Gasteiger partial charge on any atom is 0.191 e. The summed E-state index contributed by atoms with van der Waals surface area (Å²) in [6.45, 7) is 7.61. The van der Waals surface area contributed by atoms with Crippen LogP contribution >= 0.6 is 0 Å². The van der Waals surface area contributed by atoms with Gasteiger partial charge in [0, 0.05) is 32.2 Å². The predicted molar refractivity (Wildman–Crippen MR) is 105 cm³/mol. The molecule has 0 radical (unpaired) electrons. The van der Waals surface area contributed by atoms with E-state index in [1.54, 1.807) is 7.11 Å². The molecule has 5 nitrogen and oxygen atoms in total. The first-order valence-corrected chi connectivity index (χ1v) is 9.45. The molecule has 0 atom stereocenters. The number of hydrogen-bond donors (Lipinski definition) is 2. The quantitative estimate of drug-likeness (QED) is 0.366. The number of ether oxygens (including phenoxy) is 1. The average molecular weight is 347 g/mol. The molecule has 1 aromatic rings. The van der Waals surface area contributed by atoms with E-state index >= 15 is 0 Å². The van der Waals surface area contributed by atoms with E-state index in [-0.39, 0.29) is 5.41 Å². The molecule has 5 heteroatoms. The zero-order valence-electron chi connectivity index (χ0n) is 16.1. The van der Waals surface area contributed by atoms with Gasteiger partial charge >= 0.3 is 0 Å². The Labute approximate surface area is 152 Å². The normalized spacial score (nSPS) is 16.1. The van der Waals surface area contributed by atoms with E-state index in [2.05, 4.69) is 59.8 Å². The molecule has 25 heavy (non-hydrogen) atoms. The number of likely N-dealkylation sites (N-methyl/N-ethyl adjacent to an activating group) is 1. The third-order valence-electron chi connectivity index (χ3n) is 4.81. The predicted octanol–water partition coefficient (Wildman–Crippen LogP) is 2.24. The van der Waals surface area contributed by atoms with Gasteiger partial charge in [-0.05, 0) is 45.3 Å². The van der Waals surface area contributed by atoms with E-state index in [4.69, 9.17) is 9.73 Å². The van der Waals surface area contributed by atoms with Crippen LogP contribution in [0.4, 0.5) is 0 Å². The van der Waals surface area contributed by atoms with Crippen LogP contribution in [0.15, 0.2) is 35.3 Å². The summed E-state index contributed by atoms with van der Waals surface area (Å²) in [4.78, 5) is 7.15. The van der Waals surface area contributed by atoms with E-state index in [1.165, 1.54) is 18.4 Å². The largest absolute Gasteiger partial charge is 0.383 e. The molecule has 0 amide bonds. The molecule has 1 fully saturated rings. The first-order chi connectivity index (χ1) is 12.2. The SMILES string of the molecule is CCNC(=NCC1(c2ccccc2)CC1)NCCCN(C)CCOC. The van der Waals surface area contributed by atoms with E-state index in [0.29, 0.717) is 0 Å². The van der Waals surface area contributed by atoms with Crippen molar-refractivity contribution in [3.05, 3.63) is 35.9 Å². The van der Waals surface area contributed by atoms with Crippen molar-refractivity contribution in [3.63, 3.8) is 0 Å². The third-order valence-corrected chi connectivity index (χ3v) is 4.81. The molecule has 2 rings (SSSR count). The number of nitrogens with one attached hydrogen (secondary N) is 2. The highest BCUT2D eigenvalue weighted by molar-refractivity contribution is 5.79. The average Bonchev–Trinajstić information content (AvgIpc) is 3.43. The fourth-order valence-corrected chi connectivity index (χ4v) is 2.97. The number of guanidine groups is 1. The highest BCUT2D eigenvalue weighted by atomic mass is 16.5. The lowest BCUT2D eigenvalue weighted by Gasteiger charge is -2.18. The summed E-state index contributed by atoms with van der Waals surface area (Å²) >= 11 is 0. The van der Waals surface area contributed by atoms with Gasteiger partial charge in [-0.3, -0.25) is 4.99 Å². The van der Waals surface area contributed by atoms with Crippen molar-refractivity contribution in [2.45, 2.75) is 31.6 Å². The standard InChI is InChI=1S/C20H34N4O/c1-4-21-19(22-13-8-14-24(2)15-16-25-3)23-17-20(11-12-20)18-9-6-5-7-10-18/h5-7,9-10H,4,8,11-17H2,1-3H3,(H2,21,22,23). The van der Waals surface area contributed by atoms with Crippen LogP contribution in [-0.2, 0) is 10.2 Å². The van der Waals surface area contributed by atoms with E-state index < -0.39 is 0 Å². The van der Waals surface area contributed by atoms with Crippen LogP contribution < -0.4 is 10.6 Å². The summed E-state index contributed by atoms with van der Waals surface area (Å²) in [5.41, 5.74) is 1.69. The van der Waals surface area contributed by atoms with Gasteiger partial charge in [-0.15, -0.1) is 0 Å². The van der Waals surface area contributed by atoms with Crippen LogP contribution in [0, 0.1) is 0 Å². The number of rotatable bonds is 11. The Kier molecular flexibility index (Phi) is 8.22. The Balaban J connectivity index is 1.77. The lowest BCUT2D eigenvalue weighted by Crippen LogP contribution is -2.39. The van der Waals surface area contributed by atoms with Gasteiger partial charge in [-0.1, -0.05) is 30.3 Å². The third kappa shape index (κ3) is 6.67. The van der Waals surface area contributed by atoms with Crippen molar-refractivity contribution in [1.82, 2.24) is 15.5 Å². The van der Waals surface area contributed by atoms with Crippen LogP contribution in [0.3, 0.4) is 0 Å². The van der Waals surface area contributed by atoms with Crippen molar-refractivity contribution in [2.24, 2.45) is 4.99 Å². The zero-order chi connectivity index (χ0) is 18.0. The molecule has 0 heterocycles. The Morgan fingerprint density at radius 1 is 1.20 bits per heavy atom. The fourth-order valence-electron chi connectivity index (χ4n) is 2.97. The maximum absolute atomic E-state index is 5.11. The van der Waals surface area contributed by atoms with Crippen LogP contribution in [0.25, 0.3) is 0 Å². The van der Waals surface area contributed by atoms with Crippen LogP contribution in [0.5, 0.6) is 0 Å². The highest BCUT2D eigenvalue weighted by Crippen LogP contribution is 2.48. The molecule has 0 aliphatic heterocycles. The summed E-state index contributed by atoms with van der Waals surface area (Å²) in [7, 11) is 3.88. The molecule has 0 spiro atoms. The van der Waals surface area contributed by atoms with Gasteiger partial charge in [0.2, 0.25) is 0 Å². The number of benzene rings is 1.